The van der Waals surface area contributed by atoms with Gasteiger partial charge in [-0.3, -0.25) is 0 Å². The van der Waals surface area contributed by atoms with Gasteiger partial charge in [0.15, 0.2) is 0 Å². The summed E-state index contributed by atoms with van der Waals surface area (Å²) in [4.78, 5) is 4.73. The van der Waals surface area contributed by atoms with Crippen molar-refractivity contribution in [3.05, 3.63) is 35.9 Å². The van der Waals surface area contributed by atoms with Gasteiger partial charge in [0.2, 0.25) is 0 Å². The minimum atomic E-state index is 0.637. The number of rotatable bonds is 3. The van der Waals surface area contributed by atoms with Crippen molar-refractivity contribution >= 4 is 11.4 Å². The van der Waals surface area contributed by atoms with Crippen molar-refractivity contribution in [2.75, 3.05) is 7.11 Å². The van der Waals surface area contributed by atoms with E-state index >= 15 is 0 Å². The Balaban J connectivity index is 3.08. The lowest BCUT2D eigenvalue weighted by molar-refractivity contribution is 0.214. The molecule has 0 bridgehead atoms. The van der Waals surface area contributed by atoms with Crippen LogP contribution in [0.4, 0.5) is 0 Å². The molecule has 0 aliphatic carbocycles. The first kappa shape index (κ1) is 10.2. The topological polar surface area (TPSA) is 60.0 Å². The summed E-state index contributed by atoms with van der Waals surface area (Å²) in [5.41, 5.74) is 2.22. The average molecular weight is 191 g/mol. The average Bonchev–Trinajstić information content (AvgIpc) is 2.26. The summed E-state index contributed by atoms with van der Waals surface area (Å²) in [6.07, 6.45) is 0. The molecule has 4 nitrogen and oxygen atoms in total. The molecule has 0 spiro atoms. The normalized spacial score (nSPS) is 12.7. The molecule has 0 aliphatic heterocycles. The van der Waals surface area contributed by atoms with Crippen LogP contribution in [-0.2, 0) is 4.84 Å². The molecule has 1 aromatic rings. The maximum atomic E-state index is 5.19. The fourth-order valence-corrected chi connectivity index (χ4v) is 1.08. The Morgan fingerprint density at radius 3 is 2.43 bits per heavy atom. The van der Waals surface area contributed by atoms with E-state index in [-0.39, 0.29) is 0 Å². The highest BCUT2D eigenvalue weighted by molar-refractivity contribution is 6.47. The second-order valence-electron chi connectivity index (χ2n) is 2.70. The molecule has 0 fully saturated rings. The molecule has 2 N–H and O–H groups in total. The van der Waals surface area contributed by atoms with Crippen LogP contribution in [0.3, 0.4) is 0 Å². The lowest BCUT2D eigenvalue weighted by atomic mass is 10.1. The van der Waals surface area contributed by atoms with Crippen LogP contribution in [0, 0.1) is 0 Å². The molecular formula is C10H13N3O. The third-order valence-electron chi connectivity index (χ3n) is 1.77. The zero-order valence-corrected chi connectivity index (χ0v) is 8.27. The number of hydrogen-bond acceptors (Lipinski definition) is 4. The molecule has 0 radical (unpaired) electrons. The Kier molecular flexibility index (Phi) is 3.67. The molecule has 1 rings (SSSR count). The third kappa shape index (κ3) is 2.32. The SMILES string of the molecule is CO/N=C(/C(C)=N/N)c1ccccc1. The van der Waals surface area contributed by atoms with Gasteiger partial charge in [-0.1, -0.05) is 35.5 Å². The van der Waals surface area contributed by atoms with Crippen LogP contribution >= 0.6 is 0 Å². The fraction of sp³-hybridized carbons (Fsp3) is 0.200. The van der Waals surface area contributed by atoms with E-state index in [2.05, 4.69) is 10.3 Å². The van der Waals surface area contributed by atoms with Crippen LogP contribution in [-0.4, -0.2) is 18.5 Å². The van der Waals surface area contributed by atoms with E-state index in [4.69, 9.17) is 10.7 Å². The van der Waals surface area contributed by atoms with Crippen molar-refractivity contribution in [2.45, 2.75) is 6.92 Å². The zero-order chi connectivity index (χ0) is 10.4. The summed E-state index contributed by atoms with van der Waals surface area (Å²) in [6.45, 7) is 1.78. The number of nitrogens with two attached hydrogens (primary N) is 1. The zero-order valence-electron chi connectivity index (χ0n) is 8.27. The Bertz CT molecular complexity index is 344. The standard InChI is InChI=1S/C10H13N3O/c1-8(12-11)10(13-14-2)9-6-4-3-5-7-9/h3-7H,11H2,1-2H3/b12-8+,13-10-. The molecule has 0 aliphatic rings. The first-order valence-corrected chi connectivity index (χ1v) is 4.21. The molecule has 14 heavy (non-hydrogen) atoms. The minimum Gasteiger partial charge on any atom is -0.399 e. The number of oxime groups is 1. The summed E-state index contributed by atoms with van der Waals surface area (Å²) in [5.74, 6) is 5.19. The van der Waals surface area contributed by atoms with E-state index in [0.717, 1.165) is 5.56 Å². The van der Waals surface area contributed by atoms with Crippen LogP contribution in [0.2, 0.25) is 0 Å². The van der Waals surface area contributed by atoms with Gasteiger partial charge in [-0.2, -0.15) is 5.10 Å². The summed E-state index contributed by atoms with van der Waals surface area (Å²) in [7, 11) is 1.49. The Morgan fingerprint density at radius 2 is 1.93 bits per heavy atom. The lowest BCUT2D eigenvalue weighted by Crippen LogP contribution is -2.14. The smallest absolute Gasteiger partial charge is 0.132 e. The highest BCUT2D eigenvalue weighted by Gasteiger charge is 2.07. The van der Waals surface area contributed by atoms with Crippen molar-refractivity contribution < 1.29 is 4.84 Å². The first-order valence-electron chi connectivity index (χ1n) is 4.21. The molecule has 1 aromatic carbocycles. The lowest BCUT2D eigenvalue weighted by Gasteiger charge is -2.03. The fourth-order valence-electron chi connectivity index (χ4n) is 1.08. The maximum absolute atomic E-state index is 5.19. The van der Waals surface area contributed by atoms with Crippen LogP contribution in [0.5, 0.6) is 0 Å². The summed E-state index contributed by atoms with van der Waals surface area (Å²) in [5, 5.41) is 7.46. The predicted octanol–water partition coefficient (Wildman–Crippen LogP) is 1.37. The van der Waals surface area contributed by atoms with Crippen molar-refractivity contribution in [3.8, 4) is 0 Å². The molecule has 0 amide bonds. The molecule has 0 unspecified atom stereocenters. The monoisotopic (exact) mass is 191 g/mol. The van der Waals surface area contributed by atoms with Gasteiger partial charge in [-0.05, 0) is 6.92 Å². The third-order valence-corrected chi connectivity index (χ3v) is 1.77. The van der Waals surface area contributed by atoms with Gasteiger partial charge in [-0.25, -0.2) is 0 Å². The van der Waals surface area contributed by atoms with Crippen molar-refractivity contribution in [3.63, 3.8) is 0 Å². The first-order chi connectivity index (χ1) is 6.79. The van der Waals surface area contributed by atoms with Gasteiger partial charge in [0, 0.05) is 5.56 Å². The summed E-state index contributed by atoms with van der Waals surface area (Å²) >= 11 is 0. The highest BCUT2D eigenvalue weighted by Crippen LogP contribution is 2.03. The molecule has 0 saturated carbocycles. The molecule has 4 heteroatoms. The van der Waals surface area contributed by atoms with Gasteiger partial charge in [-0.15, -0.1) is 0 Å². The number of hydrazone groups is 1. The van der Waals surface area contributed by atoms with E-state index in [1.807, 2.05) is 30.3 Å². The van der Waals surface area contributed by atoms with Crippen LogP contribution in [0.15, 0.2) is 40.6 Å². The highest BCUT2D eigenvalue weighted by atomic mass is 16.6. The van der Waals surface area contributed by atoms with Crippen LogP contribution in [0.25, 0.3) is 0 Å². The van der Waals surface area contributed by atoms with Crippen molar-refractivity contribution in [1.29, 1.82) is 0 Å². The minimum absolute atomic E-state index is 0.637. The molecule has 74 valence electrons. The Morgan fingerprint density at radius 1 is 1.29 bits per heavy atom. The van der Waals surface area contributed by atoms with Crippen LogP contribution < -0.4 is 5.84 Å². The number of nitrogens with zero attached hydrogens (tertiary/aromatic N) is 2. The molecule has 0 heterocycles. The Hall–Kier alpha value is -1.84. The molecule has 0 aromatic heterocycles. The van der Waals surface area contributed by atoms with Crippen LogP contribution in [0.1, 0.15) is 12.5 Å². The largest absolute Gasteiger partial charge is 0.399 e. The summed E-state index contributed by atoms with van der Waals surface area (Å²) < 4.78 is 0. The van der Waals surface area contributed by atoms with E-state index in [0.29, 0.717) is 11.4 Å². The predicted molar refractivity (Wildman–Crippen MR) is 57.3 cm³/mol. The molecular weight excluding hydrogens is 178 g/mol. The van der Waals surface area contributed by atoms with E-state index < -0.39 is 0 Å². The van der Waals surface area contributed by atoms with E-state index in [1.54, 1.807) is 6.92 Å². The van der Waals surface area contributed by atoms with E-state index in [1.165, 1.54) is 7.11 Å². The second-order valence-corrected chi connectivity index (χ2v) is 2.70. The second kappa shape index (κ2) is 5.01. The maximum Gasteiger partial charge on any atom is 0.132 e. The van der Waals surface area contributed by atoms with Crippen molar-refractivity contribution in [2.24, 2.45) is 16.1 Å². The quantitative estimate of drug-likeness (QED) is 0.445. The number of benzene rings is 1. The molecule has 0 atom stereocenters. The van der Waals surface area contributed by atoms with E-state index in [9.17, 15) is 0 Å². The van der Waals surface area contributed by atoms with Gasteiger partial charge < -0.3 is 10.7 Å². The van der Waals surface area contributed by atoms with Gasteiger partial charge in [0.05, 0.1) is 5.71 Å². The van der Waals surface area contributed by atoms with Gasteiger partial charge >= 0.3 is 0 Å². The molecule has 0 saturated heterocycles. The Labute approximate surface area is 83.1 Å². The summed E-state index contributed by atoms with van der Waals surface area (Å²) in [6, 6.07) is 9.62. The van der Waals surface area contributed by atoms with Gasteiger partial charge in [0.25, 0.3) is 0 Å². The van der Waals surface area contributed by atoms with Gasteiger partial charge in [0.1, 0.15) is 12.8 Å². The van der Waals surface area contributed by atoms with Crippen molar-refractivity contribution in [1.82, 2.24) is 0 Å². The number of hydrogen-bond donors (Lipinski definition) is 1.